The molecule has 0 spiro atoms. The Balaban J connectivity index is 1.36. The van der Waals surface area contributed by atoms with Gasteiger partial charge >= 0.3 is 0 Å². The summed E-state index contributed by atoms with van der Waals surface area (Å²) >= 11 is 0. The zero-order chi connectivity index (χ0) is 15.8. The van der Waals surface area contributed by atoms with Crippen molar-refractivity contribution in [2.24, 2.45) is 5.92 Å². The van der Waals surface area contributed by atoms with Crippen molar-refractivity contribution in [2.45, 2.75) is 44.6 Å². The van der Waals surface area contributed by atoms with Gasteiger partial charge in [-0.3, -0.25) is 4.79 Å². The summed E-state index contributed by atoms with van der Waals surface area (Å²) in [6.07, 6.45) is 10.7. The molecule has 1 amide bonds. The first-order valence-electron chi connectivity index (χ1n) is 8.74. The van der Waals surface area contributed by atoms with E-state index in [0.717, 1.165) is 44.6 Å². The minimum absolute atomic E-state index is 0.164. The summed E-state index contributed by atoms with van der Waals surface area (Å²) in [5, 5.41) is 8.80. The molecule has 2 heterocycles. The van der Waals surface area contributed by atoms with Crippen LogP contribution in [0.1, 0.15) is 36.9 Å². The minimum Gasteiger partial charge on any atom is -0.351 e. The molecule has 4 rings (SSSR count). The molecule has 23 heavy (non-hydrogen) atoms. The smallest absolute Gasteiger partial charge is 0.226 e. The SMILES string of the molecule is CN(C(=O)C1CC=CC1)C1CN(c2cc3c(nn2)CCCC3)C1. The Labute approximate surface area is 137 Å². The van der Waals surface area contributed by atoms with Crippen LogP contribution in [0.5, 0.6) is 0 Å². The molecule has 0 unspecified atom stereocenters. The average Bonchev–Trinajstić information content (AvgIpc) is 3.07. The summed E-state index contributed by atoms with van der Waals surface area (Å²) in [7, 11) is 1.95. The monoisotopic (exact) mass is 312 g/mol. The van der Waals surface area contributed by atoms with Gasteiger partial charge < -0.3 is 9.80 Å². The van der Waals surface area contributed by atoms with Crippen LogP contribution >= 0.6 is 0 Å². The van der Waals surface area contributed by atoms with Gasteiger partial charge in [0.1, 0.15) is 0 Å². The van der Waals surface area contributed by atoms with E-state index in [-0.39, 0.29) is 11.8 Å². The number of aromatic nitrogens is 2. The maximum atomic E-state index is 12.5. The van der Waals surface area contributed by atoms with Crippen LogP contribution in [0.3, 0.4) is 0 Å². The topological polar surface area (TPSA) is 49.3 Å². The predicted octanol–water partition coefficient (Wildman–Crippen LogP) is 1.97. The number of hydrogen-bond donors (Lipinski definition) is 0. The molecule has 0 atom stereocenters. The Hall–Kier alpha value is -1.91. The van der Waals surface area contributed by atoms with Gasteiger partial charge in [-0.1, -0.05) is 12.2 Å². The number of nitrogens with zero attached hydrogens (tertiary/aromatic N) is 4. The van der Waals surface area contributed by atoms with Crippen molar-refractivity contribution in [1.82, 2.24) is 15.1 Å². The molecule has 2 aliphatic carbocycles. The number of rotatable bonds is 3. The average molecular weight is 312 g/mol. The summed E-state index contributed by atoms with van der Waals surface area (Å²) < 4.78 is 0. The molecule has 3 aliphatic rings. The summed E-state index contributed by atoms with van der Waals surface area (Å²) in [6, 6.07) is 2.52. The van der Waals surface area contributed by atoms with E-state index in [2.05, 4.69) is 33.3 Å². The second-order valence-corrected chi connectivity index (χ2v) is 7.03. The Morgan fingerprint density at radius 3 is 2.70 bits per heavy atom. The molecular weight excluding hydrogens is 288 g/mol. The second kappa shape index (κ2) is 5.95. The van der Waals surface area contributed by atoms with Gasteiger partial charge in [0, 0.05) is 26.1 Å². The minimum atomic E-state index is 0.164. The maximum absolute atomic E-state index is 12.5. The maximum Gasteiger partial charge on any atom is 0.226 e. The van der Waals surface area contributed by atoms with Crippen LogP contribution in [-0.4, -0.2) is 47.2 Å². The van der Waals surface area contributed by atoms with E-state index in [1.54, 1.807) is 0 Å². The fourth-order valence-corrected chi connectivity index (χ4v) is 3.81. The molecule has 1 aliphatic heterocycles. The third-order valence-electron chi connectivity index (χ3n) is 5.50. The largest absolute Gasteiger partial charge is 0.351 e. The summed E-state index contributed by atoms with van der Waals surface area (Å²) in [6.45, 7) is 1.74. The van der Waals surface area contributed by atoms with Crippen LogP contribution in [0.15, 0.2) is 18.2 Å². The van der Waals surface area contributed by atoms with Crippen molar-refractivity contribution < 1.29 is 4.79 Å². The van der Waals surface area contributed by atoms with Crippen LogP contribution in [0.4, 0.5) is 5.82 Å². The fraction of sp³-hybridized carbons (Fsp3) is 0.611. The first-order chi connectivity index (χ1) is 11.2. The van der Waals surface area contributed by atoms with Gasteiger partial charge in [0.05, 0.1) is 11.7 Å². The van der Waals surface area contributed by atoms with Crippen molar-refractivity contribution in [2.75, 3.05) is 25.0 Å². The molecule has 122 valence electrons. The number of hydrogen-bond acceptors (Lipinski definition) is 4. The summed E-state index contributed by atoms with van der Waals surface area (Å²) in [4.78, 5) is 16.6. The molecule has 1 saturated heterocycles. The van der Waals surface area contributed by atoms with Gasteiger partial charge in [0.15, 0.2) is 5.82 Å². The van der Waals surface area contributed by atoms with Gasteiger partial charge in [0.25, 0.3) is 0 Å². The summed E-state index contributed by atoms with van der Waals surface area (Å²) in [5.41, 5.74) is 2.55. The number of carbonyl (C=O) groups excluding carboxylic acids is 1. The molecule has 1 fully saturated rings. The van der Waals surface area contributed by atoms with Crippen molar-refractivity contribution in [3.05, 3.63) is 29.5 Å². The Bertz CT molecular complexity index is 628. The number of allylic oxidation sites excluding steroid dienone is 2. The number of aryl methyl sites for hydroxylation is 2. The Morgan fingerprint density at radius 1 is 1.17 bits per heavy atom. The highest BCUT2D eigenvalue weighted by atomic mass is 16.2. The number of carbonyl (C=O) groups is 1. The van der Waals surface area contributed by atoms with Gasteiger partial charge in [-0.25, -0.2) is 0 Å². The number of anilines is 1. The Kier molecular flexibility index (Phi) is 3.79. The molecule has 5 heteroatoms. The normalized spacial score (nSPS) is 21.2. The lowest BCUT2D eigenvalue weighted by Gasteiger charge is -2.45. The van der Waals surface area contributed by atoms with E-state index < -0.39 is 0 Å². The lowest BCUT2D eigenvalue weighted by molar-refractivity contribution is -0.136. The molecule has 0 bridgehead atoms. The molecular formula is C18H24N4O. The quantitative estimate of drug-likeness (QED) is 0.801. The van der Waals surface area contributed by atoms with Crippen molar-refractivity contribution in [3.63, 3.8) is 0 Å². The molecule has 5 nitrogen and oxygen atoms in total. The molecule has 1 aromatic heterocycles. The lowest BCUT2D eigenvalue weighted by atomic mass is 9.96. The molecule has 1 aromatic rings. The van der Waals surface area contributed by atoms with Crippen LogP contribution in [0.25, 0.3) is 0 Å². The van der Waals surface area contributed by atoms with Gasteiger partial charge in [-0.2, -0.15) is 5.10 Å². The molecule has 0 N–H and O–H groups in total. The van der Waals surface area contributed by atoms with Gasteiger partial charge in [0.2, 0.25) is 5.91 Å². The molecule has 0 aromatic carbocycles. The van der Waals surface area contributed by atoms with Crippen LogP contribution in [0.2, 0.25) is 0 Å². The first kappa shape index (κ1) is 14.7. The van der Waals surface area contributed by atoms with Crippen molar-refractivity contribution >= 4 is 11.7 Å². The highest BCUT2D eigenvalue weighted by Gasteiger charge is 2.36. The van der Waals surface area contributed by atoms with Gasteiger partial charge in [-0.15, -0.1) is 5.10 Å². The van der Waals surface area contributed by atoms with E-state index in [4.69, 9.17) is 0 Å². The highest BCUT2D eigenvalue weighted by Crippen LogP contribution is 2.27. The van der Waals surface area contributed by atoms with Crippen molar-refractivity contribution in [3.8, 4) is 0 Å². The molecule has 0 saturated carbocycles. The zero-order valence-electron chi connectivity index (χ0n) is 13.7. The standard InChI is InChI=1S/C18H24N4O/c1-21(18(23)13-6-2-3-7-13)15-11-22(12-15)17-10-14-8-4-5-9-16(14)19-20-17/h2-3,10,13,15H,4-9,11-12H2,1H3. The number of fused-ring (bicyclic) bond motifs is 1. The van der Waals surface area contributed by atoms with Gasteiger partial charge in [-0.05, 0) is 50.2 Å². The van der Waals surface area contributed by atoms with E-state index >= 15 is 0 Å². The Morgan fingerprint density at radius 2 is 1.91 bits per heavy atom. The van der Waals surface area contributed by atoms with E-state index in [9.17, 15) is 4.79 Å². The van der Waals surface area contributed by atoms with Crippen LogP contribution in [-0.2, 0) is 17.6 Å². The van der Waals surface area contributed by atoms with E-state index in [0.29, 0.717) is 6.04 Å². The number of amides is 1. The third kappa shape index (κ3) is 2.73. The third-order valence-corrected chi connectivity index (χ3v) is 5.50. The fourth-order valence-electron chi connectivity index (χ4n) is 3.81. The first-order valence-corrected chi connectivity index (χ1v) is 8.74. The second-order valence-electron chi connectivity index (χ2n) is 7.03. The zero-order valence-corrected chi connectivity index (χ0v) is 13.7. The predicted molar refractivity (Wildman–Crippen MR) is 89.3 cm³/mol. The lowest BCUT2D eigenvalue weighted by Crippen LogP contribution is -2.60. The van der Waals surface area contributed by atoms with E-state index in [1.807, 2.05) is 11.9 Å². The highest BCUT2D eigenvalue weighted by molar-refractivity contribution is 5.80. The number of likely N-dealkylation sites (N-methyl/N-ethyl adjacent to an activating group) is 1. The summed E-state index contributed by atoms with van der Waals surface area (Å²) in [5.74, 6) is 1.43. The van der Waals surface area contributed by atoms with E-state index in [1.165, 1.54) is 24.1 Å². The van der Waals surface area contributed by atoms with Crippen LogP contribution in [0, 0.1) is 5.92 Å². The molecule has 0 radical (unpaired) electrons. The van der Waals surface area contributed by atoms with Crippen molar-refractivity contribution in [1.29, 1.82) is 0 Å². The van der Waals surface area contributed by atoms with Crippen LogP contribution < -0.4 is 4.90 Å².